The Labute approximate surface area is 122 Å². The molecule has 0 heterocycles. The van der Waals surface area contributed by atoms with Crippen LogP contribution >= 0.6 is 0 Å². The minimum atomic E-state index is 0.567. The second kappa shape index (κ2) is 6.01. The number of ether oxygens (including phenoxy) is 1. The third-order valence-electron chi connectivity index (χ3n) is 4.77. The summed E-state index contributed by atoms with van der Waals surface area (Å²) in [5.74, 6) is 2.62. The Bertz CT molecular complexity index is 464. The molecule has 1 saturated carbocycles. The number of rotatable bonds is 6. The lowest BCUT2D eigenvalue weighted by molar-refractivity contribution is 0.347. The maximum atomic E-state index is 5.65. The summed E-state index contributed by atoms with van der Waals surface area (Å²) in [4.78, 5) is 0. The Balaban J connectivity index is 1.90. The van der Waals surface area contributed by atoms with Crippen molar-refractivity contribution in [3.63, 3.8) is 0 Å². The Hall–Kier alpha value is -1.28. The molecule has 2 nitrogen and oxygen atoms in total. The Morgan fingerprint density at radius 1 is 1.35 bits per heavy atom. The van der Waals surface area contributed by atoms with Gasteiger partial charge in [0.05, 0.1) is 7.11 Å². The van der Waals surface area contributed by atoms with Gasteiger partial charge in [0.2, 0.25) is 0 Å². The van der Waals surface area contributed by atoms with Crippen molar-refractivity contribution in [1.29, 1.82) is 0 Å². The summed E-state index contributed by atoms with van der Waals surface area (Å²) < 4.78 is 5.65. The molecule has 0 bridgehead atoms. The summed E-state index contributed by atoms with van der Waals surface area (Å²) in [7, 11) is 1.80. The molecule has 2 aliphatic carbocycles. The Morgan fingerprint density at radius 2 is 2.20 bits per heavy atom. The van der Waals surface area contributed by atoms with E-state index < -0.39 is 0 Å². The van der Waals surface area contributed by atoms with E-state index in [0.717, 1.165) is 24.6 Å². The number of hydrogen-bond donors (Lipinski definition) is 1. The molecule has 1 aromatic rings. The number of aryl methyl sites for hydroxylation is 1. The van der Waals surface area contributed by atoms with E-state index in [4.69, 9.17) is 4.74 Å². The first-order valence-corrected chi connectivity index (χ1v) is 7.83. The standard InChI is InChI=1S/C18H25NO/c1-3-11-19-16-10-9-14-5-4-6-17(20-2)18(14)15(16)12-13-7-8-13/h3-6,13,15-16,19H,1,7-12H2,2H3/t15-,16+/m0/s1. The lowest BCUT2D eigenvalue weighted by Crippen LogP contribution is -2.39. The van der Waals surface area contributed by atoms with Gasteiger partial charge in [0.1, 0.15) is 5.75 Å². The summed E-state index contributed by atoms with van der Waals surface area (Å²) in [5.41, 5.74) is 2.96. The van der Waals surface area contributed by atoms with Gasteiger partial charge in [-0.2, -0.15) is 0 Å². The van der Waals surface area contributed by atoms with Gasteiger partial charge in [0.15, 0.2) is 0 Å². The van der Waals surface area contributed by atoms with Crippen molar-refractivity contribution in [3.05, 3.63) is 42.0 Å². The first-order chi connectivity index (χ1) is 9.83. The minimum absolute atomic E-state index is 0.567. The van der Waals surface area contributed by atoms with Crippen LogP contribution in [0.5, 0.6) is 5.75 Å². The highest BCUT2D eigenvalue weighted by Crippen LogP contribution is 2.46. The molecule has 2 atom stereocenters. The molecule has 0 radical (unpaired) electrons. The average Bonchev–Trinajstić information content (AvgIpc) is 3.29. The maximum Gasteiger partial charge on any atom is 0.122 e. The van der Waals surface area contributed by atoms with Gasteiger partial charge < -0.3 is 10.1 Å². The summed E-state index contributed by atoms with van der Waals surface area (Å²) in [6.45, 7) is 4.73. The van der Waals surface area contributed by atoms with Crippen LogP contribution in [-0.4, -0.2) is 19.7 Å². The number of hydrogen-bond acceptors (Lipinski definition) is 2. The van der Waals surface area contributed by atoms with E-state index in [1.165, 1.54) is 36.8 Å². The van der Waals surface area contributed by atoms with Crippen molar-refractivity contribution in [3.8, 4) is 5.75 Å². The Morgan fingerprint density at radius 3 is 2.90 bits per heavy atom. The van der Waals surface area contributed by atoms with E-state index in [1.54, 1.807) is 7.11 Å². The van der Waals surface area contributed by atoms with Crippen LogP contribution in [0.4, 0.5) is 0 Å². The molecule has 0 amide bonds. The molecule has 0 unspecified atom stereocenters. The van der Waals surface area contributed by atoms with Gasteiger partial charge in [0, 0.05) is 24.1 Å². The van der Waals surface area contributed by atoms with E-state index in [1.807, 2.05) is 6.08 Å². The zero-order valence-electron chi connectivity index (χ0n) is 12.4. The molecular weight excluding hydrogens is 246 g/mol. The summed E-state index contributed by atoms with van der Waals surface area (Å²) in [6, 6.07) is 7.09. The van der Waals surface area contributed by atoms with Crippen LogP contribution in [0.15, 0.2) is 30.9 Å². The zero-order chi connectivity index (χ0) is 13.9. The van der Waals surface area contributed by atoms with Gasteiger partial charge in [-0.25, -0.2) is 0 Å². The smallest absolute Gasteiger partial charge is 0.122 e. The predicted molar refractivity (Wildman–Crippen MR) is 83.4 cm³/mol. The normalized spacial score (nSPS) is 25.1. The molecule has 1 N–H and O–H groups in total. The molecule has 0 spiro atoms. The van der Waals surface area contributed by atoms with Crippen molar-refractivity contribution >= 4 is 0 Å². The van der Waals surface area contributed by atoms with E-state index in [0.29, 0.717) is 12.0 Å². The highest BCUT2D eigenvalue weighted by molar-refractivity contribution is 5.45. The maximum absolute atomic E-state index is 5.65. The van der Waals surface area contributed by atoms with Crippen LogP contribution in [0, 0.1) is 5.92 Å². The largest absolute Gasteiger partial charge is 0.496 e. The first kappa shape index (κ1) is 13.7. The molecule has 2 aliphatic rings. The van der Waals surface area contributed by atoms with Gasteiger partial charge >= 0.3 is 0 Å². The molecule has 3 rings (SSSR count). The van der Waals surface area contributed by atoms with Crippen LogP contribution in [0.1, 0.15) is 42.7 Å². The number of nitrogens with one attached hydrogen (secondary N) is 1. The van der Waals surface area contributed by atoms with Gasteiger partial charge in [-0.15, -0.1) is 6.58 Å². The van der Waals surface area contributed by atoms with Gasteiger partial charge in [-0.05, 0) is 36.8 Å². The number of benzene rings is 1. The number of fused-ring (bicyclic) bond motifs is 1. The first-order valence-electron chi connectivity index (χ1n) is 7.83. The van der Waals surface area contributed by atoms with Crippen molar-refractivity contribution in [2.24, 2.45) is 5.92 Å². The van der Waals surface area contributed by atoms with Crippen LogP contribution in [-0.2, 0) is 6.42 Å². The molecule has 1 aromatic carbocycles. The lowest BCUT2D eigenvalue weighted by Gasteiger charge is -2.35. The summed E-state index contributed by atoms with van der Waals surface area (Å²) >= 11 is 0. The van der Waals surface area contributed by atoms with Gasteiger partial charge in [-0.1, -0.05) is 31.1 Å². The highest BCUT2D eigenvalue weighted by Gasteiger charge is 2.35. The monoisotopic (exact) mass is 271 g/mol. The molecule has 1 fully saturated rings. The highest BCUT2D eigenvalue weighted by atomic mass is 16.5. The lowest BCUT2D eigenvalue weighted by atomic mass is 9.76. The van der Waals surface area contributed by atoms with Gasteiger partial charge in [-0.3, -0.25) is 0 Å². The molecule has 0 saturated heterocycles. The second-order valence-electron chi connectivity index (χ2n) is 6.16. The quantitative estimate of drug-likeness (QED) is 0.797. The summed E-state index contributed by atoms with van der Waals surface area (Å²) in [5, 5.41) is 3.67. The van der Waals surface area contributed by atoms with E-state index in [2.05, 4.69) is 30.1 Å². The van der Waals surface area contributed by atoms with Crippen LogP contribution in [0.2, 0.25) is 0 Å². The molecule has 0 aliphatic heterocycles. The molecule has 0 aromatic heterocycles. The van der Waals surface area contributed by atoms with Crippen molar-refractivity contribution in [2.45, 2.75) is 44.1 Å². The van der Waals surface area contributed by atoms with Crippen molar-refractivity contribution in [1.82, 2.24) is 5.32 Å². The fourth-order valence-corrected chi connectivity index (χ4v) is 3.59. The fourth-order valence-electron chi connectivity index (χ4n) is 3.59. The van der Waals surface area contributed by atoms with Crippen molar-refractivity contribution < 1.29 is 4.74 Å². The molecule has 20 heavy (non-hydrogen) atoms. The van der Waals surface area contributed by atoms with E-state index in [-0.39, 0.29) is 0 Å². The topological polar surface area (TPSA) is 21.3 Å². The molecule has 108 valence electrons. The van der Waals surface area contributed by atoms with Crippen LogP contribution in [0.3, 0.4) is 0 Å². The minimum Gasteiger partial charge on any atom is -0.496 e. The fraction of sp³-hybridized carbons (Fsp3) is 0.556. The average molecular weight is 271 g/mol. The van der Waals surface area contributed by atoms with Crippen LogP contribution < -0.4 is 10.1 Å². The SMILES string of the molecule is C=CCN[C@@H]1CCc2cccc(OC)c2[C@H]1CC1CC1. The zero-order valence-corrected chi connectivity index (χ0v) is 12.4. The summed E-state index contributed by atoms with van der Waals surface area (Å²) in [6.07, 6.45) is 8.48. The van der Waals surface area contributed by atoms with Gasteiger partial charge in [0.25, 0.3) is 0 Å². The Kier molecular flexibility index (Phi) is 4.11. The van der Waals surface area contributed by atoms with Crippen molar-refractivity contribution in [2.75, 3.05) is 13.7 Å². The third-order valence-corrected chi connectivity index (χ3v) is 4.77. The van der Waals surface area contributed by atoms with E-state index in [9.17, 15) is 0 Å². The van der Waals surface area contributed by atoms with E-state index >= 15 is 0 Å². The predicted octanol–water partition coefficient (Wildman–Crippen LogP) is 3.67. The third kappa shape index (κ3) is 2.76. The number of methoxy groups -OCH3 is 1. The molecular formula is C18H25NO. The second-order valence-corrected chi connectivity index (χ2v) is 6.16. The van der Waals surface area contributed by atoms with Crippen LogP contribution in [0.25, 0.3) is 0 Å². The molecule has 2 heteroatoms.